The Morgan fingerprint density at radius 2 is 1.72 bits per heavy atom. The first kappa shape index (κ1) is 25.7. The third-order valence-corrected chi connectivity index (χ3v) is 6.44. The summed E-state index contributed by atoms with van der Waals surface area (Å²) in [6.07, 6.45) is 0.0980. The van der Waals surface area contributed by atoms with Gasteiger partial charge in [0.25, 0.3) is 0 Å². The lowest BCUT2D eigenvalue weighted by molar-refractivity contribution is 0.0655. The van der Waals surface area contributed by atoms with Crippen LogP contribution in [-0.4, -0.2) is 68.3 Å². The van der Waals surface area contributed by atoms with E-state index in [-0.39, 0.29) is 24.4 Å². The lowest BCUT2D eigenvalue weighted by Crippen LogP contribution is -2.49. The van der Waals surface area contributed by atoms with Gasteiger partial charge in [0.2, 0.25) is 0 Å². The number of aliphatic hydroxyl groups is 1. The first-order valence-corrected chi connectivity index (χ1v) is 12.3. The Morgan fingerprint density at radius 3 is 2.42 bits per heavy atom. The number of benzene rings is 3. The average molecular weight is 493 g/mol. The van der Waals surface area contributed by atoms with Crippen LogP contribution in [0.5, 0.6) is 11.5 Å². The third kappa shape index (κ3) is 7.06. The van der Waals surface area contributed by atoms with Crippen molar-refractivity contribution in [1.82, 2.24) is 4.90 Å². The number of methoxy groups -OCH3 is 1. The fourth-order valence-corrected chi connectivity index (χ4v) is 4.40. The average Bonchev–Trinajstić information content (AvgIpc) is 2.92. The third-order valence-electron chi connectivity index (χ3n) is 6.44. The second-order valence-corrected chi connectivity index (χ2v) is 9.00. The van der Waals surface area contributed by atoms with Crippen LogP contribution in [0, 0.1) is 5.82 Å². The topological polar surface area (TPSA) is 62.2 Å². The number of hydrogen-bond donors (Lipinski definition) is 1. The number of nitrogens with zero attached hydrogens (tertiary/aromatic N) is 2. The molecule has 1 heterocycles. The molecular formula is C29H33FN2O4. The Hall–Kier alpha value is -3.42. The minimum atomic E-state index is -0.727. The van der Waals surface area contributed by atoms with Gasteiger partial charge in [-0.25, -0.2) is 4.39 Å². The molecule has 4 rings (SSSR count). The molecule has 0 bridgehead atoms. The molecular weight excluding hydrogens is 459 g/mol. The number of anilines is 1. The van der Waals surface area contributed by atoms with E-state index in [1.165, 1.54) is 18.2 Å². The largest absolute Gasteiger partial charge is 0.497 e. The van der Waals surface area contributed by atoms with Crippen LogP contribution in [-0.2, 0) is 6.42 Å². The SMILES string of the molecule is COc1ccc(N2CCN(CC(O)COc3ccc(F)cc3C(=O)CCc3ccccc3)CC2)cc1. The van der Waals surface area contributed by atoms with Crippen molar-refractivity contribution in [1.29, 1.82) is 0 Å². The molecule has 1 aliphatic rings. The van der Waals surface area contributed by atoms with Crippen molar-refractivity contribution in [2.24, 2.45) is 0 Å². The van der Waals surface area contributed by atoms with Gasteiger partial charge in [-0.3, -0.25) is 9.69 Å². The molecule has 1 unspecified atom stereocenters. The van der Waals surface area contributed by atoms with Crippen molar-refractivity contribution >= 4 is 11.5 Å². The number of Topliss-reactive ketones (excluding diaryl/α,β-unsaturated/α-hetero) is 1. The fraction of sp³-hybridized carbons (Fsp3) is 0.345. The summed E-state index contributed by atoms with van der Waals surface area (Å²) < 4.78 is 24.9. The summed E-state index contributed by atoms with van der Waals surface area (Å²) in [5.74, 6) is 0.471. The Balaban J connectivity index is 1.26. The van der Waals surface area contributed by atoms with Crippen LogP contribution in [0.4, 0.5) is 10.1 Å². The van der Waals surface area contributed by atoms with E-state index in [1.54, 1.807) is 7.11 Å². The maximum absolute atomic E-state index is 13.9. The number of halogens is 1. The number of carbonyl (C=O) groups excluding carboxylic acids is 1. The molecule has 0 aliphatic carbocycles. The minimum absolute atomic E-state index is 0.0310. The normalized spacial score (nSPS) is 14.9. The van der Waals surface area contributed by atoms with E-state index in [9.17, 15) is 14.3 Å². The smallest absolute Gasteiger partial charge is 0.167 e. The number of β-amino-alcohol motifs (C(OH)–C–C–N with tert-alkyl or cyclic N) is 1. The van der Waals surface area contributed by atoms with Crippen LogP contribution in [0.2, 0.25) is 0 Å². The van der Waals surface area contributed by atoms with Crippen LogP contribution in [0.1, 0.15) is 22.3 Å². The lowest BCUT2D eigenvalue weighted by atomic mass is 10.0. The summed E-state index contributed by atoms with van der Waals surface area (Å²) in [5, 5.41) is 10.6. The van der Waals surface area contributed by atoms with Gasteiger partial charge >= 0.3 is 0 Å². The Kier molecular flexibility index (Phi) is 8.92. The number of carbonyl (C=O) groups is 1. The van der Waals surface area contributed by atoms with E-state index < -0.39 is 11.9 Å². The predicted molar refractivity (Wildman–Crippen MR) is 139 cm³/mol. The van der Waals surface area contributed by atoms with Gasteiger partial charge in [0.15, 0.2) is 5.78 Å². The number of piperazine rings is 1. The summed E-state index contributed by atoms with van der Waals surface area (Å²) in [4.78, 5) is 17.3. The van der Waals surface area contributed by atoms with Crippen molar-refractivity contribution in [3.8, 4) is 11.5 Å². The molecule has 1 atom stereocenters. The minimum Gasteiger partial charge on any atom is -0.497 e. The lowest BCUT2D eigenvalue weighted by Gasteiger charge is -2.36. The number of aryl methyl sites for hydroxylation is 1. The van der Waals surface area contributed by atoms with Crippen LogP contribution in [0.15, 0.2) is 72.8 Å². The summed E-state index contributed by atoms with van der Waals surface area (Å²) in [7, 11) is 1.66. The molecule has 1 saturated heterocycles. The van der Waals surface area contributed by atoms with Crippen LogP contribution in [0.25, 0.3) is 0 Å². The van der Waals surface area contributed by atoms with E-state index in [2.05, 4.69) is 21.9 Å². The summed E-state index contributed by atoms with van der Waals surface area (Å²) in [5.41, 5.74) is 2.42. The molecule has 190 valence electrons. The first-order chi connectivity index (χ1) is 17.5. The van der Waals surface area contributed by atoms with Crippen LogP contribution in [0.3, 0.4) is 0 Å². The molecule has 0 radical (unpaired) electrons. The molecule has 0 aromatic heterocycles. The summed E-state index contributed by atoms with van der Waals surface area (Å²) >= 11 is 0. The van der Waals surface area contributed by atoms with Gasteiger partial charge in [-0.2, -0.15) is 0 Å². The molecule has 1 N–H and O–H groups in total. The van der Waals surface area contributed by atoms with Crippen molar-refractivity contribution in [2.45, 2.75) is 18.9 Å². The first-order valence-electron chi connectivity index (χ1n) is 12.3. The highest BCUT2D eigenvalue weighted by Gasteiger charge is 2.21. The number of hydrogen-bond acceptors (Lipinski definition) is 6. The second-order valence-electron chi connectivity index (χ2n) is 9.00. The maximum atomic E-state index is 13.9. The van der Waals surface area contributed by atoms with Crippen LogP contribution < -0.4 is 14.4 Å². The Morgan fingerprint density at radius 1 is 1.00 bits per heavy atom. The maximum Gasteiger partial charge on any atom is 0.167 e. The van der Waals surface area contributed by atoms with Crippen LogP contribution >= 0.6 is 0 Å². The monoisotopic (exact) mass is 492 g/mol. The van der Waals surface area contributed by atoms with Crippen molar-refractivity contribution in [3.05, 3.63) is 89.7 Å². The Labute approximate surface area is 211 Å². The molecule has 6 nitrogen and oxygen atoms in total. The number of aliphatic hydroxyl groups excluding tert-OH is 1. The van der Waals surface area contributed by atoms with Gasteiger partial charge in [-0.1, -0.05) is 30.3 Å². The molecule has 1 fully saturated rings. The fourth-order valence-electron chi connectivity index (χ4n) is 4.40. The summed E-state index contributed by atoms with van der Waals surface area (Å²) in [6, 6.07) is 21.7. The van der Waals surface area contributed by atoms with Gasteiger partial charge in [-0.05, 0) is 54.4 Å². The summed E-state index contributed by atoms with van der Waals surface area (Å²) in [6.45, 7) is 3.86. The zero-order valence-electron chi connectivity index (χ0n) is 20.6. The molecule has 3 aromatic rings. The van der Waals surface area contributed by atoms with E-state index in [0.29, 0.717) is 18.7 Å². The van der Waals surface area contributed by atoms with E-state index >= 15 is 0 Å². The Bertz CT molecular complexity index is 1120. The number of rotatable bonds is 11. The molecule has 3 aromatic carbocycles. The molecule has 36 heavy (non-hydrogen) atoms. The zero-order valence-corrected chi connectivity index (χ0v) is 20.6. The van der Waals surface area contributed by atoms with Gasteiger partial charge in [-0.15, -0.1) is 0 Å². The van der Waals surface area contributed by atoms with Crippen molar-refractivity contribution in [3.63, 3.8) is 0 Å². The van der Waals surface area contributed by atoms with Gasteiger partial charge in [0.1, 0.15) is 30.0 Å². The van der Waals surface area contributed by atoms with Gasteiger partial charge < -0.3 is 19.5 Å². The molecule has 0 amide bonds. The standard InChI is InChI=1S/C29H33FN2O4/c1-35-26-11-9-24(10-12-26)32-17-15-31(16-18-32)20-25(33)21-36-29-14-8-23(30)19-27(29)28(34)13-7-22-5-3-2-4-6-22/h2-6,8-12,14,19,25,33H,7,13,15-18,20-21H2,1H3. The highest BCUT2D eigenvalue weighted by molar-refractivity contribution is 5.98. The molecule has 0 spiro atoms. The number of ketones is 1. The van der Waals surface area contributed by atoms with E-state index in [1.807, 2.05) is 42.5 Å². The number of ether oxygens (including phenoxy) is 2. The molecule has 1 aliphatic heterocycles. The zero-order chi connectivity index (χ0) is 25.3. The highest BCUT2D eigenvalue weighted by atomic mass is 19.1. The van der Waals surface area contributed by atoms with Crippen molar-refractivity contribution in [2.75, 3.05) is 51.3 Å². The molecule has 0 saturated carbocycles. The second kappa shape index (κ2) is 12.5. The predicted octanol–water partition coefficient (Wildman–Crippen LogP) is 4.21. The van der Waals surface area contributed by atoms with E-state index in [4.69, 9.17) is 9.47 Å². The van der Waals surface area contributed by atoms with Crippen molar-refractivity contribution < 1.29 is 23.8 Å². The molecule has 7 heteroatoms. The van der Waals surface area contributed by atoms with Gasteiger partial charge in [0.05, 0.1) is 12.7 Å². The van der Waals surface area contributed by atoms with E-state index in [0.717, 1.165) is 43.2 Å². The highest BCUT2D eigenvalue weighted by Crippen LogP contribution is 2.23. The quantitative estimate of drug-likeness (QED) is 0.405. The van der Waals surface area contributed by atoms with Gasteiger partial charge in [0, 0.05) is 44.8 Å².